The fourth-order valence-corrected chi connectivity index (χ4v) is 10.2. The molecule has 2 aliphatic rings. The van der Waals surface area contributed by atoms with Gasteiger partial charge in [-0.05, 0) is 136 Å². The molecule has 0 aliphatic carbocycles. The number of hydrogen-bond donors (Lipinski definition) is 2. The van der Waals surface area contributed by atoms with Crippen LogP contribution in [0.25, 0.3) is 21.6 Å². The first-order valence-electron chi connectivity index (χ1n) is 23.7. The molecule has 2 N–H and O–H groups in total. The van der Waals surface area contributed by atoms with Crippen LogP contribution in [0.15, 0.2) is 96.5 Å². The van der Waals surface area contributed by atoms with Gasteiger partial charge in [-0.3, -0.25) is 24.1 Å². The van der Waals surface area contributed by atoms with Gasteiger partial charge in [-0.1, -0.05) is 69.3 Å². The zero-order chi connectivity index (χ0) is 52.1. The van der Waals surface area contributed by atoms with Crippen molar-refractivity contribution >= 4 is 63.7 Å². The Morgan fingerprint density at radius 2 is 1.60 bits per heavy atom. The number of nitrogens with zero attached hydrogens (tertiary/aromatic N) is 5. The molecular formula is C54H58F3N7O6S2. The number of nitrogens with one attached hydrogen (secondary N) is 2. The molecule has 3 atom stereocenters. The quantitative estimate of drug-likeness (QED) is 0.0679. The summed E-state index contributed by atoms with van der Waals surface area (Å²) < 4.78 is 53.2. The Morgan fingerprint density at radius 1 is 0.958 bits per heavy atom. The summed E-state index contributed by atoms with van der Waals surface area (Å²) in [6, 6.07) is 26.0. The minimum absolute atomic E-state index is 0.00904. The molecule has 18 heteroatoms. The van der Waals surface area contributed by atoms with Crippen molar-refractivity contribution in [3.05, 3.63) is 119 Å². The number of aromatic nitrogens is 1. The summed E-state index contributed by atoms with van der Waals surface area (Å²) in [5, 5.41) is 15.2. The van der Waals surface area contributed by atoms with Crippen molar-refractivity contribution in [1.29, 1.82) is 5.26 Å². The monoisotopic (exact) mass is 1020 g/mol. The van der Waals surface area contributed by atoms with Gasteiger partial charge in [-0.15, -0.1) is 11.3 Å². The first-order chi connectivity index (χ1) is 34.1. The van der Waals surface area contributed by atoms with Crippen LogP contribution in [0.2, 0.25) is 0 Å². The van der Waals surface area contributed by atoms with Crippen LogP contribution in [0.5, 0.6) is 5.75 Å². The summed E-state index contributed by atoms with van der Waals surface area (Å²) in [6.45, 7) is 13.7. The van der Waals surface area contributed by atoms with Crippen LogP contribution in [0.1, 0.15) is 89.6 Å². The highest BCUT2D eigenvalue weighted by atomic mass is 32.1. The van der Waals surface area contributed by atoms with Gasteiger partial charge >= 0.3 is 6.18 Å². The number of thiazole rings is 1. The number of carbonyl (C=O) groups excluding carboxylic acids is 4. The lowest BCUT2D eigenvalue weighted by atomic mass is 9.85. The molecule has 72 heavy (non-hydrogen) atoms. The largest absolute Gasteiger partial charge is 0.494 e. The van der Waals surface area contributed by atoms with E-state index >= 15 is 0 Å². The lowest BCUT2D eigenvalue weighted by Gasteiger charge is -2.35. The number of nitriles is 1. The van der Waals surface area contributed by atoms with Gasteiger partial charge in [-0.25, -0.2) is 4.98 Å². The van der Waals surface area contributed by atoms with Crippen LogP contribution < -0.4 is 25.2 Å². The predicted octanol–water partition coefficient (Wildman–Crippen LogP) is 10.00. The number of benzene rings is 4. The van der Waals surface area contributed by atoms with Crippen LogP contribution in [0.4, 0.5) is 24.5 Å². The van der Waals surface area contributed by atoms with Crippen LogP contribution in [0, 0.1) is 23.7 Å². The molecule has 4 amide bonds. The molecular weight excluding hydrogens is 964 g/mol. The Kier molecular flexibility index (Phi) is 16.2. The molecule has 378 valence electrons. The van der Waals surface area contributed by atoms with Gasteiger partial charge in [0, 0.05) is 18.8 Å². The van der Waals surface area contributed by atoms with Gasteiger partial charge in [0.15, 0.2) is 5.11 Å². The van der Waals surface area contributed by atoms with Crippen molar-refractivity contribution < 1.29 is 41.8 Å². The van der Waals surface area contributed by atoms with E-state index in [2.05, 4.69) is 15.6 Å². The molecule has 0 radical (unpaired) electrons. The molecule has 0 saturated carbocycles. The standard InChI is InChI=1S/C54H58F3N7O6S2/c1-33(70-31-45(65)61-47(52(3,4)5)49(67)62-26-8-11-44(62)48(66)59-30-35-12-14-38(15-13-35)46-34(2)60-32-72-46)10-9-27-69-42-24-19-37(20-25-42)36-16-21-40(22-17-36)64-51(71)63(50(68)53(64,6)7)41-23-18-39(29-58)43(28-41)54(55,56)57/h12-25,28,32-33,44,47H,8-11,26-27,30-31H2,1-7H3,(H,59,66)(H,61,65)/t33-,44-,47?/m0/s1. The van der Waals surface area contributed by atoms with Crippen molar-refractivity contribution in [1.82, 2.24) is 20.5 Å². The smallest absolute Gasteiger partial charge is 0.417 e. The Labute approximate surface area is 427 Å². The van der Waals surface area contributed by atoms with Gasteiger partial charge in [0.1, 0.15) is 30.0 Å². The number of ether oxygens (including phenoxy) is 2. The van der Waals surface area contributed by atoms with E-state index in [1.165, 1.54) is 6.07 Å². The van der Waals surface area contributed by atoms with Crippen LogP contribution in [-0.2, 0) is 36.6 Å². The summed E-state index contributed by atoms with van der Waals surface area (Å²) in [5.74, 6) is -0.801. The molecule has 2 fully saturated rings. The fourth-order valence-electron chi connectivity index (χ4n) is 8.85. The van der Waals surface area contributed by atoms with E-state index in [1.54, 1.807) is 53.2 Å². The van der Waals surface area contributed by atoms with Crippen molar-refractivity contribution in [2.75, 3.05) is 29.6 Å². The summed E-state index contributed by atoms with van der Waals surface area (Å²) in [4.78, 5) is 64.0. The molecule has 3 heterocycles. The number of aryl methyl sites for hydroxylation is 1. The SMILES string of the molecule is Cc1ncsc1-c1ccc(CNC(=O)[C@@H]2CCCN2C(=O)C(NC(=O)CO[C@@H](C)CCCOc2ccc(-c3ccc(N4C(=S)N(c5ccc(C#N)c(C(F)(F)F)c5)C(=O)C4(C)C)cc3)cc2)C(C)(C)C)cc1. The van der Waals surface area contributed by atoms with E-state index in [1.807, 2.05) is 101 Å². The van der Waals surface area contributed by atoms with E-state index in [0.717, 1.165) is 49.9 Å². The second kappa shape index (κ2) is 22.0. The highest BCUT2D eigenvalue weighted by Crippen LogP contribution is 2.40. The van der Waals surface area contributed by atoms with Crippen molar-refractivity contribution in [2.24, 2.45) is 5.41 Å². The summed E-state index contributed by atoms with van der Waals surface area (Å²) in [7, 11) is 0. The van der Waals surface area contributed by atoms with E-state index in [0.29, 0.717) is 56.8 Å². The maximum atomic E-state index is 14.0. The Bertz CT molecular complexity index is 2840. The number of halogens is 3. The molecule has 2 saturated heterocycles. The predicted molar refractivity (Wildman–Crippen MR) is 275 cm³/mol. The molecule has 1 unspecified atom stereocenters. The molecule has 0 spiro atoms. The highest BCUT2D eigenvalue weighted by Gasteiger charge is 2.51. The third kappa shape index (κ3) is 12.0. The van der Waals surface area contributed by atoms with Gasteiger partial charge in [-0.2, -0.15) is 18.4 Å². The number of carbonyl (C=O) groups is 4. The van der Waals surface area contributed by atoms with Crippen molar-refractivity contribution in [3.63, 3.8) is 0 Å². The number of alkyl halides is 3. The van der Waals surface area contributed by atoms with Crippen molar-refractivity contribution in [3.8, 4) is 33.4 Å². The van der Waals surface area contributed by atoms with Gasteiger partial charge in [0.05, 0.1) is 51.7 Å². The lowest BCUT2D eigenvalue weighted by molar-refractivity contribution is -0.144. The Morgan fingerprint density at radius 3 is 2.21 bits per heavy atom. The first kappa shape index (κ1) is 53.1. The van der Waals surface area contributed by atoms with Crippen LogP contribution >= 0.6 is 23.6 Å². The fraction of sp³-hybridized carbons (Fsp3) is 0.389. The number of rotatable bonds is 17. The zero-order valence-electron chi connectivity index (χ0n) is 41.3. The zero-order valence-corrected chi connectivity index (χ0v) is 42.9. The van der Waals surface area contributed by atoms with E-state index < -0.39 is 52.2 Å². The maximum absolute atomic E-state index is 14.0. The van der Waals surface area contributed by atoms with Crippen LogP contribution in [-0.4, -0.2) is 82.1 Å². The van der Waals surface area contributed by atoms with Crippen LogP contribution in [0.3, 0.4) is 0 Å². The summed E-state index contributed by atoms with van der Waals surface area (Å²) >= 11 is 7.26. The van der Waals surface area contributed by atoms with E-state index in [9.17, 15) is 37.6 Å². The molecule has 13 nitrogen and oxygen atoms in total. The number of hydrogen-bond acceptors (Lipinski definition) is 10. The minimum Gasteiger partial charge on any atom is -0.494 e. The molecule has 2 aliphatic heterocycles. The summed E-state index contributed by atoms with van der Waals surface area (Å²) in [5.41, 5.74) is 3.50. The maximum Gasteiger partial charge on any atom is 0.417 e. The Balaban J connectivity index is 0.847. The number of anilines is 2. The van der Waals surface area contributed by atoms with Gasteiger partial charge < -0.3 is 29.9 Å². The number of thiocarbonyl (C=S) groups is 1. The lowest BCUT2D eigenvalue weighted by Crippen LogP contribution is -2.58. The third-order valence-corrected chi connectivity index (χ3v) is 14.2. The number of amides is 4. The number of likely N-dealkylation sites (tertiary alicyclic amines) is 1. The third-order valence-electron chi connectivity index (χ3n) is 12.9. The highest BCUT2D eigenvalue weighted by molar-refractivity contribution is 7.81. The first-order valence-corrected chi connectivity index (χ1v) is 25.0. The molecule has 1 aromatic heterocycles. The van der Waals surface area contributed by atoms with Gasteiger partial charge in [0.2, 0.25) is 17.7 Å². The topological polar surface area (TPSA) is 157 Å². The molecule has 4 aromatic carbocycles. The molecule has 0 bridgehead atoms. The molecule has 5 aromatic rings. The summed E-state index contributed by atoms with van der Waals surface area (Å²) in [6.07, 6.45) is -2.60. The van der Waals surface area contributed by atoms with E-state index in [4.69, 9.17) is 21.7 Å². The van der Waals surface area contributed by atoms with E-state index in [-0.39, 0.29) is 35.3 Å². The average molecular weight is 1020 g/mol. The average Bonchev–Trinajstić information content (AvgIpc) is 4.06. The van der Waals surface area contributed by atoms with Crippen molar-refractivity contribution in [2.45, 2.75) is 111 Å². The Hall–Kier alpha value is -6.68. The normalized spacial score (nSPS) is 16.6. The van der Waals surface area contributed by atoms with Gasteiger partial charge in [0.25, 0.3) is 5.91 Å². The molecule has 7 rings (SSSR count). The second-order valence-corrected chi connectivity index (χ2v) is 20.8. The minimum atomic E-state index is -4.80. The second-order valence-electron chi connectivity index (χ2n) is 19.6.